The summed E-state index contributed by atoms with van der Waals surface area (Å²) in [6.45, 7) is 8.32. The maximum Gasteiger partial charge on any atom is 0.258 e. The van der Waals surface area contributed by atoms with Crippen LogP contribution in [0.1, 0.15) is 56.0 Å². The van der Waals surface area contributed by atoms with Crippen molar-refractivity contribution in [2.45, 2.75) is 70.1 Å². The first-order chi connectivity index (χ1) is 19.3. The maximum atomic E-state index is 14.1. The zero-order chi connectivity index (χ0) is 30.3. The minimum absolute atomic E-state index is 0.112. The van der Waals surface area contributed by atoms with Gasteiger partial charge in [-0.2, -0.15) is 4.31 Å². The molecule has 4 atom stereocenters. The van der Waals surface area contributed by atoms with E-state index >= 15 is 0 Å². The summed E-state index contributed by atoms with van der Waals surface area (Å²) < 4.78 is 40.6. The molecule has 41 heavy (non-hydrogen) atoms. The van der Waals surface area contributed by atoms with Crippen molar-refractivity contribution in [2.24, 2.45) is 5.92 Å². The van der Waals surface area contributed by atoms with Gasteiger partial charge in [0.1, 0.15) is 5.75 Å². The average Bonchev–Trinajstić information content (AvgIpc) is 2.93. The predicted molar refractivity (Wildman–Crippen MR) is 162 cm³/mol. The average molecular weight is 590 g/mol. The van der Waals surface area contributed by atoms with Gasteiger partial charge >= 0.3 is 0 Å². The van der Waals surface area contributed by atoms with E-state index in [1.807, 2.05) is 58.0 Å². The Balaban J connectivity index is 1.96. The number of anilines is 1. The van der Waals surface area contributed by atoms with Crippen LogP contribution in [0.3, 0.4) is 0 Å². The number of ether oxygens (including phenoxy) is 2. The Morgan fingerprint density at radius 3 is 2.39 bits per heavy atom. The normalized spacial score (nSPS) is 22.0. The molecule has 1 amide bonds. The molecule has 0 unspecified atom stereocenters. The van der Waals surface area contributed by atoms with Crippen LogP contribution in [0.2, 0.25) is 0 Å². The number of benzene rings is 2. The summed E-state index contributed by atoms with van der Waals surface area (Å²) in [5.74, 6) is 0.0392. The first-order valence-corrected chi connectivity index (χ1v) is 15.8. The molecule has 0 saturated heterocycles. The highest BCUT2D eigenvalue weighted by molar-refractivity contribution is 7.89. The lowest BCUT2D eigenvalue weighted by molar-refractivity contribution is -0.00833. The number of likely N-dealkylation sites (N-methyl/N-ethyl adjacent to an activating group) is 1. The highest BCUT2D eigenvalue weighted by Gasteiger charge is 2.32. The summed E-state index contributed by atoms with van der Waals surface area (Å²) in [5.41, 5.74) is 2.28. The number of aliphatic hydroxyl groups is 1. The fourth-order valence-electron chi connectivity index (χ4n) is 4.89. The molecule has 0 spiro atoms. The van der Waals surface area contributed by atoms with Crippen LogP contribution in [0.4, 0.5) is 5.69 Å². The monoisotopic (exact) mass is 589 g/mol. The number of amides is 1. The number of fused-ring (bicyclic) bond motifs is 1. The highest BCUT2D eigenvalue weighted by Crippen LogP contribution is 2.29. The van der Waals surface area contributed by atoms with Gasteiger partial charge in [-0.15, -0.1) is 0 Å². The molecule has 1 aliphatic heterocycles. The second kappa shape index (κ2) is 14.5. The number of sulfonamides is 1. The summed E-state index contributed by atoms with van der Waals surface area (Å²) in [6, 6.07) is 11.9. The summed E-state index contributed by atoms with van der Waals surface area (Å²) in [5, 5.41) is 10.1. The van der Waals surface area contributed by atoms with Gasteiger partial charge in [-0.25, -0.2) is 8.42 Å². The Morgan fingerprint density at radius 1 is 1.07 bits per heavy atom. The van der Waals surface area contributed by atoms with Gasteiger partial charge in [0.05, 0.1) is 35.3 Å². The third kappa shape index (κ3) is 8.44. The van der Waals surface area contributed by atoms with E-state index in [0.717, 1.165) is 30.5 Å². The zero-order valence-electron chi connectivity index (χ0n) is 25.5. The lowest BCUT2D eigenvalue weighted by Gasteiger charge is -2.35. The lowest BCUT2D eigenvalue weighted by atomic mass is 10.0. The Labute approximate surface area is 246 Å². The molecule has 3 rings (SSSR count). The molecule has 0 radical (unpaired) electrons. The van der Waals surface area contributed by atoms with Crippen LogP contribution in [0.5, 0.6) is 5.75 Å². The van der Waals surface area contributed by atoms with Gasteiger partial charge in [0, 0.05) is 52.4 Å². The first kappa shape index (κ1) is 32.8. The van der Waals surface area contributed by atoms with Gasteiger partial charge < -0.3 is 24.4 Å². The topological polar surface area (TPSA) is 99.6 Å². The molecule has 1 N–H and O–H groups in total. The van der Waals surface area contributed by atoms with Crippen molar-refractivity contribution in [1.82, 2.24) is 9.21 Å². The van der Waals surface area contributed by atoms with Crippen LogP contribution in [-0.2, 0) is 14.8 Å². The SMILES string of the molecule is Cc1ccc(S(=O)(=O)N(C)C[C@@H]2OCCCC[C@H](C)Oc3ccc(N(C)C)cc3C(=O)N([C@@H](C)CO)C[C@H]2C)cc1. The number of hydrogen-bond donors (Lipinski definition) is 1. The smallest absolute Gasteiger partial charge is 0.258 e. The van der Waals surface area contributed by atoms with E-state index in [2.05, 4.69) is 0 Å². The largest absolute Gasteiger partial charge is 0.490 e. The minimum Gasteiger partial charge on any atom is -0.490 e. The van der Waals surface area contributed by atoms with Gasteiger partial charge in [-0.3, -0.25) is 4.79 Å². The van der Waals surface area contributed by atoms with E-state index in [9.17, 15) is 18.3 Å². The Kier molecular flexibility index (Phi) is 11.6. The number of rotatable bonds is 7. The third-order valence-electron chi connectivity index (χ3n) is 7.72. The van der Waals surface area contributed by atoms with E-state index in [1.165, 1.54) is 4.31 Å². The number of hydrogen-bond acceptors (Lipinski definition) is 7. The molecule has 9 nitrogen and oxygen atoms in total. The second-order valence-corrected chi connectivity index (χ2v) is 13.5. The van der Waals surface area contributed by atoms with Crippen molar-refractivity contribution in [1.29, 1.82) is 0 Å². The van der Waals surface area contributed by atoms with Gasteiger partial charge in [0.15, 0.2) is 0 Å². The van der Waals surface area contributed by atoms with Crippen LogP contribution in [0.15, 0.2) is 47.4 Å². The molecule has 1 aliphatic rings. The predicted octanol–water partition coefficient (Wildman–Crippen LogP) is 4.18. The van der Waals surface area contributed by atoms with E-state index in [4.69, 9.17) is 9.47 Å². The fraction of sp³-hybridized carbons (Fsp3) is 0.581. The Hall–Kier alpha value is -2.66. The number of nitrogens with zero attached hydrogens (tertiary/aromatic N) is 3. The summed E-state index contributed by atoms with van der Waals surface area (Å²) in [4.78, 5) is 17.9. The number of carbonyl (C=O) groups excluding carboxylic acids is 1. The molecule has 0 bridgehead atoms. The highest BCUT2D eigenvalue weighted by atomic mass is 32.2. The molecule has 0 fully saturated rings. The molecule has 2 aromatic carbocycles. The van der Waals surface area contributed by atoms with Crippen molar-refractivity contribution < 1.29 is 27.8 Å². The van der Waals surface area contributed by atoms with Crippen molar-refractivity contribution in [2.75, 3.05) is 52.3 Å². The van der Waals surface area contributed by atoms with Crippen LogP contribution in [0.25, 0.3) is 0 Å². The molecule has 0 aromatic heterocycles. The van der Waals surface area contributed by atoms with Gasteiger partial charge in [-0.1, -0.05) is 24.6 Å². The minimum atomic E-state index is -3.73. The van der Waals surface area contributed by atoms with E-state index in [0.29, 0.717) is 17.9 Å². The molecular weight excluding hydrogens is 542 g/mol. The van der Waals surface area contributed by atoms with Crippen LogP contribution >= 0.6 is 0 Å². The third-order valence-corrected chi connectivity index (χ3v) is 9.56. The Morgan fingerprint density at radius 2 is 1.76 bits per heavy atom. The molecule has 10 heteroatoms. The molecule has 1 heterocycles. The molecular formula is C31H47N3O6S. The molecule has 0 aliphatic carbocycles. The maximum absolute atomic E-state index is 14.1. The van der Waals surface area contributed by atoms with Crippen LogP contribution in [-0.4, -0.2) is 94.3 Å². The van der Waals surface area contributed by atoms with Gasteiger partial charge in [0.2, 0.25) is 10.0 Å². The molecule has 228 valence electrons. The number of aliphatic hydroxyl groups excluding tert-OH is 1. The number of carbonyl (C=O) groups is 1. The zero-order valence-corrected chi connectivity index (χ0v) is 26.4. The van der Waals surface area contributed by atoms with Gasteiger partial charge in [-0.05, 0) is 70.4 Å². The summed E-state index contributed by atoms with van der Waals surface area (Å²) >= 11 is 0. The van der Waals surface area contributed by atoms with Crippen molar-refractivity contribution in [3.8, 4) is 5.75 Å². The van der Waals surface area contributed by atoms with E-state index < -0.39 is 22.2 Å². The van der Waals surface area contributed by atoms with Crippen molar-refractivity contribution >= 4 is 21.6 Å². The van der Waals surface area contributed by atoms with Crippen LogP contribution < -0.4 is 9.64 Å². The van der Waals surface area contributed by atoms with E-state index in [1.54, 1.807) is 43.1 Å². The van der Waals surface area contributed by atoms with Crippen molar-refractivity contribution in [3.63, 3.8) is 0 Å². The fourth-order valence-corrected chi connectivity index (χ4v) is 6.08. The van der Waals surface area contributed by atoms with Crippen molar-refractivity contribution in [3.05, 3.63) is 53.6 Å². The van der Waals surface area contributed by atoms with Gasteiger partial charge in [0.25, 0.3) is 5.91 Å². The number of aryl methyl sites for hydroxylation is 1. The lowest BCUT2D eigenvalue weighted by Crippen LogP contribution is -2.48. The quantitative estimate of drug-likeness (QED) is 0.517. The van der Waals surface area contributed by atoms with Crippen LogP contribution in [0, 0.1) is 12.8 Å². The molecule has 2 aromatic rings. The standard InChI is InChI=1S/C31H47N3O6S/c1-22-11-14-27(15-12-22)41(37,38)33(7)20-30-23(2)19-34(24(3)21-35)31(36)28-18-26(32(5)6)13-16-29(28)40-25(4)10-8-9-17-39-30/h11-16,18,23-25,30,35H,8-10,17,19-21H2,1-7H3/t23-,24+,25+,30+/m1/s1. The summed E-state index contributed by atoms with van der Waals surface area (Å²) in [6.07, 6.45) is 1.87. The summed E-state index contributed by atoms with van der Waals surface area (Å²) in [7, 11) is 1.66. The molecule has 0 saturated carbocycles. The second-order valence-electron chi connectivity index (χ2n) is 11.5. The Bertz CT molecular complexity index is 1250. The first-order valence-electron chi connectivity index (χ1n) is 14.4. The van der Waals surface area contributed by atoms with E-state index in [-0.39, 0.29) is 42.5 Å².